The van der Waals surface area contributed by atoms with Crippen LogP contribution in [0.5, 0.6) is 0 Å². The number of fused-ring (bicyclic) bond motifs is 1. The summed E-state index contributed by atoms with van der Waals surface area (Å²) in [6.45, 7) is 3.82. The standard InChI is InChI=1S/C12H15N5O4/c1-7(2)5-8(12(18)19)14-9-3-4-10-13-6-11(17(20)21)16(10)15-9/h3-4,6-8H,5H2,1-2H3,(H,14,15)(H,18,19). The van der Waals surface area contributed by atoms with Crippen molar-refractivity contribution in [2.24, 2.45) is 5.92 Å². The van der Waals surface area contributed by atoms with Gasteiger partial charge in [-0.3, -0.25) is 0 Å². The Morgan fingerprint density at radius 3 is 2.81 bits per heavy atom. The number of imidazole rings is 1. The zero-order chi connectivity index (χ0) is 15.6. The number of aromatic nitrogens is 3. The summed E-state index contributed by atoms with van der Waals surface area (Å²) in [6.07, 6.45) is 1.52. The van der Waals surface area contributed by atoms with Crippen LogP contribution in [0.1, 0.15) is 20.3 Å². The van der Waals surface area contributed by atoms with Crippen molar-refractivity contribution < 1.29 is 14.8 Å². The second-order valence-corrected chi connectivity index (χ2v) is 5.03. The molecule has 9 nitrogen and oxygen atoms in total. The quantitative estimate of drug-likeness (QED) is 0.611. The molecule has 9 heteroatoms. The zero-order valence-electron chi connectivity index (χ0n) is 11.6. The summed E-state index contributed by atoms with van der Waals surface area (Å²) >= 11 is 0. The third-order valence-electron chi connectivity index (χ3n) is 2.86. The van der Waals surface area contributed by atoms with E-state index in [2.05, 4.69) is 15.4 Å². The maximum atomic E-state index is 11.2. The first-order valence-corrected chi connectivity index (χ1v) is 6.37. The minimum absolute atomic E-state index is 0.185. The molecule has 0 radical (unpaired) electrons. The van der Waals surface area contributed by atoms with E-state index in [1.807, 2.05) is 13.8 Å². The van der Waals surface area contributed by atoms with Crippen LogP contribution in [0.2, 0.25) is 0 Å². The SMILES string of the molecule is CC(C)CC(Nc1ccc2ncc([N+](=O)[O-])n2n1)C(=O)O. The first-order valence-electron chi connectivity index (χ1n) is 6.37. The van der Waals surface area contributed by atoms with E-state index in [9.17, 15) is 20.0 Å². The number of rotatable bonds is 6. The van der Waals surface area contributed by atoms with Crippen molar-refractivity contribution in [3.8, 4) is 0 Å². The Labute approximate surface area is 119 Å². The predicted molar refractivity (Wildman–Crippen MR) is 74.1 cm³/mol. The maximum Gasteiger partial charge on any atom is 0.368 e. The number of carbonyl (C=O) groups is 1. The molecule has 1 atom stereocenters. The highest BCUT2D eigenvalue weighted by atomic mass is 16.6. The number of carboxylic acid groups (broad SMARTS) is 1. The second-order valence-electron chi connectivity index (χ2n) is 5.03. The molecule has 0 aromatic carbocycles. The largest absolute Gasteiger partial charge is 0.480 e. The summed E-state index contributed by atoms with van der Waals surface area (Å²) < 4.78 is 1.07. The van der Waals surface area contributed by atoms with Gasteiger partial charge in [0.15, 0.2) is 5.82 Å². The highest BCUT2D eigenvalue weighted by Gasteiger charge is 2.21. The lowest BCUT2D eigenvalue weighted by Gasteiger charge is -2.16. The molecule has 0 aliphatic carbocycles. The van der Waals surface area contributed by atoms with Gasteiger partial charge < -0.3 is 20.5 Å². The fourth-order valence-electron chi connectivity index (χ4n) is 1.93. The van der Waals surface area contributed by atoms with Crippen LogP contribution in [0.25, 0.3) is 5.65 Å². The third kappa shape index (κ3) is 3.25. The highest BCUT2D eigenvalue weighted by molar-refractivity contribution is 5.76. The third-order valence-corrected chi connectivity index (χ3v) is 2.86. The van der Waals surface area contributed by atoms with Crippen molar-refractivity contribution in [3.63, 3.8) is 0 Å². The van der Waals surface area contributed by atoms with Gasteiger partial charge >= 0.3 is 11.8 Å². The zero-order valence-corrected chi connectivity index (χ0v) is 11.6. The van der Waals surface area contributed by atoms with E-state index >= 15 is 0 Å². The molecule has 2 aromatic heterocycles. The van der Waals surface area contributed by atoms with Crippen LogP contribution in [0, 0.1) is 16.0 Å². The fraction of sp³-hybridized carbons (Fsp3) is 0.417. The van der Waals surface area contributed by atoms with Crippen LogP contribution in [0.3, 0.4) is 0 Å². The second kappa shape index (κ2) is 5.73. The van der Waals surface area contributed by atoms with Gasteiger partial charge in [0.1, 0.15) is 12.2 Å². The van der Waals surface area contributed by atoms with Crippen LogP contribution >= 0.6 is 0 Å². The van der Waals surface area contributed by atoms with Gasteiger partial charge in [-0.05, 0) is 23.3 Å². The molecule has 112 valence electrons. The van der Waals surface area contributed by atoms with E-state index in [1.165, 1.54) is 6.07 Å². The average molecular weight is 293 g/mol. The van der Waals surface area contributed by atoms with Crippen molar-refractivity contribution in [3.05, 3.63) is 28.4 Å². The minimum atomic E-state index is -0.995. The molecule has 0 amide bonds. The summed E-state index contributed by atoms with van der Waals surface area (Å²) in [6, 6.07) is 2.27. The number of hydrogen-bond donors (Lipinski definition) is 2. The Bertz CT molecular complexity index is 681. The molecule has 0 bridgehead atoms. The lowest BCUT2D eigenvalue weighted by atomic mass is 10.0. The number of hydrogen-bond acceptors (Lipinski definition) is 6. The molecule has 2 N–H and O–H groups in total. The minimum Gasteiger partial charge on any atom is -0.480 e. The van der Waals surface area contributed by atoms with Gasteiger partial charge in [-0.25, -0.2) is 9.78 Å². The molecule has 21 heavy (non-hydrogen) atoms. The van der Waals surface area contributed by atoms with Gasteiger partial charge in [0.2, 0.25) is 5.65 Å². The Hall–Kier alpha value is -2.71. The first-order chi connectivity index (χ1) is 9.88. The number of aliphatic carboxylic acids is 1. The van der Waals surface area contributed by atoms with Gasteiger partial charge in [0, 0.05) is 6.07 Å². The molecule has 1 unspecified atom stereocenters. The lowest BCUT2D eigenvalue weighted by molar-refractivity contribution is -0.391. The van der Waals surface area contributed by atoms with E-state index in [0.717, 1.165) is 10.7 Å². The number of carboxylic acids is 1. The molecule has 2 rings (SSSR count). The normalized spacial score (nSPS) is 12.5. The predicted octanol–water partition coefficient (Wildman–Crippen LogP) is 1.55. The van der Waals surface area contributed by atoms with Crippen LogP contribution in [0.15, 0.2) is 18.3 Å². The summed E-state index contributed by atoms with van der Waals surface area (Å²) in [5.41, 5.74) is 0.322. The van der Waals surface area contributed by atoms with Gasteiger partial charge in [0.05, 0.1) is 0 Å². The van der Waals surface area contributed by atoms with Crippen LogP contribution < -0.4 is 5.32 Å². The Balaban J connectivity index is 2.31. The van der Waals surface area contributed by atoms with Gasteiger partial charge in [-0.1, -0.05) is 23.5 Å². The summed E-state index contributed by atoms with van der Waals surface area (Å²) in [5, 5.41) is 26.8. The highest BCUT2D eigenvalue weighted by Crippen LogP contribution is 2.16. The van der Waals surface area contributed by atoms with Crippen LogP contribution in [-0.2, 0) is 4.79 Å². The lowest BCUT2D eigenvalue weighted by Crippen LogP contribution is -2.31. The Morgan fingerprint density at radius 1 is 1.52 bits per heavy atom. The molecule has 0 spiro atoms. The Morgan fingerprint density at radius 2 is 2.24 bits per heavy atom. The smallest absolute Gasteiger partial charge is 0.368 e. The van der Waals surface area contributed by atoms with Crippen LogP contribution in [-0.4, -0.2) is 36.6 Å². The Kier molecular flexibility index (Phi) is 4.01. The van der Waals surface area contributed by atoms with E-state index < -0.39 is 16.9 Å². The van der Waals surface area contributed by atoms with Crippen molar-refractivity contribution >= 4 is 23.3 Å². The molecular weight excluding hydrogens is 278 g/mol. The summed E-state index contributed by atoms with van der Waals surface area (Å²) in [5.74, 6) is -0.836. The fourth-order valence-corrected chi connectivity index (χ4v) is 1.93. The van der Waals surface area contributed by atoms with Gasteiger partial charge in [0.25, 0.3) is 0 Å². The van der Waals surface area contributed by atoms with Crippen molar-refractivity contribution in [1.82, 2.24) is 14.6 Å². The number of nitro groups is 1. The number of anilines is 1. The van der Waals surface area contributed by atoms with E-state index in [4.69, 9.17) is 0 Å². The van der Waals surface area contributed by atoms with Crippen molar-refractivity contribution in [1.29, 1.82) is 0 Å². The molecule has 0 aliphatic rings. The number of nitrogens with zero attached hydrogens (tertiary/aromatic N) is 4. The molecule has 2 aromatic rings. The van der Waals surface area contributed by atoms with Crippen molar-refractivity contribution in [2.75, 3.05) is 5.32 Å². The molecule has 2 heterocycles. The van der Waals surface area contributed by atoms with E-state index in [0.29, 0.717) is 12.1 Å². The summed E-state index contributed by atoms with van der Waals surface area (Å²) in [7, 11) is 0. The maximum absolute atomic E-state index is 11.2. The van der Waals surface area contributed by atoms with E-state index in [-0.39, 0.29) is 17.6 Å². The molecule has 0 saturated carbocycles. The van der Waals surface area contributed by atoms with Crippen molar-refractivity contribution in [2.45, 2.75) is 26.3 Å². The number of nitrogens with one attached hydrogen (secondary N) is 1. The van der Waals surface area contributed by atoms with Gasteiger partial charge in [-0.2, -0.15) is 0 Å². The van der Waals surface area contributed by atoms with Crippen LogP contribution in [0.4, 0.5) is 11.6 Å². The first kappa shape index (κ1) is 14.7. The monoisotopic (exact) mass is 293 g/mol. The van der Waals surface area contributed by atoms with E-state index in [1.54, 1.807) is 6.07 Å². The molecule has 0 aliphatic heterocycles. The average Bonchev–Trinajstić information content (AvgIpc) is 2.80. The molecule has 0 fully saturated rings. The van der Waals surface area contributed by atoms with Gasteiger partial charge in [-0.15, -0.1) is 0 Å². The summed E-state index contributed by atoms with van der Waals surface area (Å²) in [4.78, 5) is 25.3. The molecular formula is C12H15N5O4. The topological polar surface area (TPSA) is 123 Å². The molecule has 0 saturated heterocycles.